The van der Waals surface area contributed by atoms with Gasteiger partial charge in [0.25, 0.3) is 0 Å². The summed E-state index contributed by atoms with van der Waals surface area (Å²) in [5.74, 6) is -2.32. The van der Waals surface area contributed by atoms with Crippen molar-refractivity contribution in [3.63, 3.8) is 0 Å². The van der Waals surface area contributed by atoms with E-state index in [9.17, 15) is 19.5 Å². The number of rotatable bonds is 35. The second-order valence-corrected chi connectivity index (χ2v) is 14.2. The molecule has 294 valence electrons. The summed E-state index contributed by atoms with van der Waals surface area (Å²) >= 11 is 0. The first-order valence-electron chi connectivity index (χ1n) is 19.8. The Labute approximate surface area is 311 Å². The lowest BCUT2D eigenvalue weighted by Crippen LogP contribution is -2.44. The molecular weight excluding hydrogens is 646 g/mol. The number of nitrogens with zero attached hydrogens (tertiary/aromatic N) is 1. The molecule has 0 bridgehead atoms. The number of carboxylic acid groups (broad SMARTS) is 1. The van der Waals surface area contributed by atoms with Gasteiger partial charge < -0.3 is 33.3 Å². The van der Waals surface area contributed by atoms with Crippen molar-refractivity contribution < 1.29 is 42.9 Å². The third kappa shape index (κ3) is 35.4. The van der Waals surface area contributed by atoms with E-state index in [-0.39, 0.29) is 38.6 Å². The standard InChI is InChI=1S/C42H73NO8/c1-6-8-10-12-13-14-15-16-17-18-19-20-21-22-23-24-25-26-27-29-31-33-40(45)51-38(36-49-39(44)32-30-28-11-9-7-2)37-50-42(41(46)47)48-35-34-43(3,4)5/h8,10,13-14,16-17,19-20,38,42H,6-7,9,11-12,15,18,21-37H2,1-5H3/b10-8-,14-13-,17-16-,20-19-. The molecule has 0 aromatic heterocycles. The number of carbonyl (C=O) groups excluding carboxylic acids is 3. The Balaban J connectivity index is 4.32. The van der Waals surface area contributed by atoms with Crippen LogP contribution in [-0.2, 0) is 33.3 Å². The van der Waals surface area contributed by atoms with Crippen LogP contribution in [0, 0.1) is 0 Å². The number of hydrogen-bond acceptors (Lipinski definition) is 8. The summed E-state index contributed by atoms with van der Waals surface area (Å²) < 4.78 is 22.3. The zero-order valence-electron chi connectivity index (χ0n) is 33.0. The minimum Gasteiger partial charge on any atom is -0.545 e. The fourth-order valence-electron chi connectivity index (χ4n) is 4.99. The number of aliphatic carboxylic acids is 1. The number of unbranched alkanes of at least 4 members (excludes halogenated alkanes) is 12. The number of likely N-dealkylation sites (N-methyl/N-ethyl adjacent to an activating group) is 1. The highest BCUT2D eigenvalue weighted by atomic mass is 16.7. The quantitative estimate of drug-likeness (QED) is 0.0211. The van der Waals surface area contributed by atoms with Gasteiger partial charge >= 0.3 is 11.9 Å². The van der Waals surface area contributed by atoms with Gasteiger partial charge in [0.05, 0.1) is 40.3 Å². The number of quaternary nitrogens is 1. The van der Waals surface area contributed by atoms with Crippen molar-refractivity contribution >= 4 is 17.9 Å². The fraction of sp³-hybridized carbons (Fsp3) is 0.738. The summed E-state index contributed by atoms with van der Waals surface area (Å²) in [4.78, 5) is 36.5. The van der Waals surface area contributed by atoms with Gasteiger partial charge in [-0.05, 0) is 51.4 Å². The SMILES string of the molecule is CC/C=C\C/C=C\C/C=C\C/C=C\CCCCCCCCCCC(=O)OC(COC(=O)CCCCCCC)COC(OCC[N+](C)(C)C)C(=O)[O-]. The zero-order valence-corrected chi connectivity index (χ0v) is 33.0. The lowest BCUT2D eigenvalue weighted by Gasteiger charge is -2.26. The molecule has 0 fully saturated rings. The highest BCUT2D eigenvalue weighted by molar-refractivity contribution is 5.70. The lowest BCUT2D eigenvalue weighted by atomic mass is 10.1. The molecular formula is C42H73NO8. The Morgan fingerprint density at radius 2 is 1.12 bits per heavy atom. The summed E-state index contributed by atoms with van der Waals surface area (Å²) in [7, 11) is 5.88. The van der Waals surface area contributed by atoms with Crippen molar-refractivity contribution in [2.45, 2.75) is 155 Å². The van der Waals surface area contributed by atoms with Crippen molar-refractivity contribution in [1.82, 2.24) is 0 Å². The minimum absolute atomic E-state index is 0.144. The monoisotopic (exact) mass is 720 g/mol. The molecule has 0 heterocycles. The molecule has 0 saturated heterocycles. The van der Waals surface area contributed by atoms with Gasteiger partial charge in [0, 0.05) is 12.8 Å². The molecule has 0 aliphatic heterocycles. The summed E-state index contributed by atoms with van der Waals surface area (Å²) in [6.07, 6.45) is 34.7. The third-order valence-electron chi connectivity index (χ3n) is 8.09. The van der Waals surface area contributed by atoms with Crippen LogP contribution >= 0.6 is 0 Å². The first-order valence-corrected chi connectivity index (χ1v) is 19.8. The van der Waals surface area contributed by atoms with Crippen molar-refractivity contribution in [3.8, 4) is 0 Å². The van der Waals surface area contributed by atoms with Gasteiger partial charge in [-0.2, -0.15) is 0 Å². The maximum absolute atomic E-state index is 12.6. The maximum atomic E-state index is 12.6. The largest absolute Gasteiger partial charge is 0.545 e. The van der Waals surface area contributed by atoms with E-state index in [0.717, 1.165) is 83.5 Å². The first kappa shape index (κ1) is 48.2. The average Bonchev–Trinajstić information content (AvgIpc) is 3.08. The Hall–Kier alpha value is -2.75. The molecule has 0 aliphatic rings. The van der Waals surface area contributed by atoms with Gasteiger partial charge in [0.1, 0.15) is 13.2 Å². The van der Waals surface area contributed by atoms with Crippen molar-refractivity contribution in [2.24, 2.45) is 0 Å². The minimum atomic E-state index is -1.62. The predicted molar refractivity (Wildman–Crippen MR) is 205 cm³/mol. The highest BCUT2D eigenvalue weighted by Crippen LogP contribution is 2.13. The van der Waals surface area contributed by atoms with Gasteiger partial charge in [-0.15, -0.1) is 0 Å². The molecule has 0 aromatic carbocycles. The topological polar surface area (TPSA) is 111 Å². The van der Waals surface area contributed by atoms with E-state index in [0.29, 0.717) is 17.4 Å². The Morgan fingerprint density at radius 1 is 0.608 bits per heavy atom. The Kier molecular flexibility index (Phi) is 32.5. The average molecular weight is 720 g/mol. The van der Waals surface area contributed by atoms with Gasteiger partial charge in [0.15, 0.2) is 12.4 Å². The first-order chi connectivity index (χ1) is 24.6. The van der Waals surface area contributed by atoms with Crippen molar-refractivity contribution in [2.75, 3.05) is 47.5 Å². The number of carbonyl (C=O) groups is 3. The van der Waals surface area contributed by atoms with E-state index in [1.54, 1.807) is 0 Å². The number of carboxylic acids is 1. The zero-order chi connectivity index (χ0) is 37.8. The number of esters is 2. The van der Waals surface area contributed by atoms with Gasteiger partial charge in [-0.3, -0.25) is 9.59 Å². The normalized spacial score (nSPS) is 13.5. The summed E-state index contributed by atoms with van der Waals surface area (Å²) in [5.41, 5.74) is 0. The predicted octanol–water partition coefficient (Wildman–Crippen LogP) is 8.32. The van der Waals surface area contributed by atoms with E-state index in [4.69, 9.17) is 18.9 Å². The van der Waals surface area contributed by atoms with Gasteiger partial charge in [0.2, 0.25) is 0 Å². The third-order valence-corrected chi connectivity index (χ3v) is 8.09. The van der Waals surface area contributed by atoms with Crippen LogP contribution in [0.4, 0.5) is 0 Å². The molecule has 0 spiro atoms. The molecule has 2 unspecified atom stereocenters. The van der Waals surface area contributed by atoms with E-state index in [2.05, 4.69) is 62.5 Å². The molecule has 0 radical (unpaired) electrons. The van der Waals surface area contributed by atoms with Crippen LogP contribution in [0.3, 0.4) is 0 Å². The van der Waals surface area contributed by atoms with Crippen LogP contribution < -0.4 is 5.11 Å². The van der Waals surface area contributed by atoms with Crippen LogP contribution in [0.5, 0.6) is 0 Å². The second-order valence-electron chi connectivity index (χ2n) is 14.2. The Bertz CT molecular complexity index is 982. The second kappa shape index (κ2) is 34.3. The fourth-order valence-corrected chi connectivity index (χ4v) is 4.99. The molecule has 51 heavy (non-hydrogen) atoms. The molecule has 0 amide bonds. The summed E-state index contributed by atoms with van der Waals surface area (Å²) in [5, 5.41) is 11.6. The molecule has 0 aromatic rings. The molecule has 9 heteroatoms. The lowest BCUT2D eigenvalue weighted by molar-refractivity contribution is -0.870. The van der Waals surface area contributed by atoms with Gasteiger partial charge in [-0.1, -0.05) is 127 Å². The number of ether oxygens (including phenoxy) is 4. The van der Waals surface area contributed by atoms with Crippen LogP contribution in [0.15, 0.2) is 48.6 Å². The number of allylic oxidation sites excluding steroid dienone is 8. The van der Waals surface area contributed by atoms with Crippen LogP contribution in [-0.4, -0.2) is 82.3 Å². The van der Waals surface area contributed by atoms with E-state index >= 15 is 0 Å². The smallest absolute Gasteiger partial charge is 0.306 e. The van der Waals surface area contributed by atoms with E-state index in [1.807, 2.05) is 21.1 Å². The van der Waals surface area contributed by atoms with Crippen molar-refractivity contribution in [1.29, 1.82) is 0 Å². The van der Waals surface area contributed by atoms with Crippen LogP contribution in [0.1, 0.15) is 142 Å². The molecule has 0 rings (SSSR count). The van der Waals surface area contributed by atoms with Gasteiger partial charge in [-0.25, -0.2) is 0 Å². The number of hydrogen-bond donors (Lipinski definition) is 0. The molecule has 0 aliphatic carbocycles. The molecule has 9 nitrogen and oxygen atoms in total. The molecule has 0 N–H and O–H groups in total. The molecule has 2 atom stereocenters. The van der Waals surface area contributed by atoms with Crippen LogP contribution in [0.25, 0.3) is 0 Å². The van der Waals surface area contributed by atoms with E-state index in [1.165, 1.54) is 25.7 Å². The summed E-state index contributed by atoms with van der Waals surface area (Å²) in [6.45, 7) is 4.49. The Morgan fingerprint density at radius 3 is 1.67 bits per heavy atom. The highest BCUT2D eigenvalue weighted by Gasteiger charge is 2.21. The van der Waals surface area contributed by atoms with Crippen LogP contribution in [0.2, 0.25) is 0 Å². The molecule has 0 saturated carbocycles. The summed E-state index contributed by atoms with van der Waals surface area (Å²) in [6, 6.07) is 0. The van der Waals surface area contributed by atoms with E-state index < -0.39 is 24.3 Å². The maximum Gasteiger partial charge on any atom is 0.306 e. The van der Waals surface area contributed by atoms with Crippen molar-refractivity contribution in [3.05, 3.63) is 48.6 Å².